The summed E-state index contributed by atoms with van der Waals surface area (Å²) in [4.78, 5) is 28.3. The van der Waals surface area contributed by atoms with Gasteiger partial charge in [-0.15, -0.1) is 5.06 Å². The van der Waals surface area contributed by atoms with Gasteiger partial charge in [0.25, 0.3) is 0 Å². The fraction of sp³-hybridized carbons (Fsp3) is 0.467. The molecule has 1 aliphatic heterocycles. The number of rotatable bonds is 9. The Balaban J connectivity index is 1.77. The molecule has 0 spiro atoms. The number of amides is 1. The molecule has 39 heavy (non-hydrogen) atoms. The summed E-state index contributed by atoms with van der Waals surface area (Å²) < 4.78 is 17.0. The van der Waals surface area contributed by atoms with Gasteiger partial charge in [0.15, 0.2) is 0 Å². The fourth-order valence-electron chi connectivity index (χ4n) is 4.91. The molecular formula is C30H41FN6O2. The van der Waals surface area contributed by atoms with Crippen LogP contribution in [0.5, 0.6) is 0 Å². The van der Waals surface area contributed by atoms with Gasteiger partial charge < -0.3 is 20.0 Å². The van der Waals surface area contributed by atoms with Gasteiger partial charge >= 0.3 is 6.09 Å². The van der Waals surface area contributed by atoms with Crippen LogP contribution < -0.4 is 5.73 Å². The summed E-state index contributed by atoms with van der Waals surface area (Å²) in [6, 6.07) is 19.5. The third kappa shape index (κ3) is 7.44. The molecule has 0 aliphatic carbocycles. The molecule has 2 N–H and O–H groups in total. The van der Waals surface area contributed by atoms with Crippen molar-refractivity contribution in [2.45, 2.75) is 39.5 Å². The molecule has 1 amide bonds. The Morgan fingerprint density at radius 1 is 1.05 bits per heavy atom. The van der Waals surface area contributed by atoms with Crippen molar-refractivity contribution in [2.75, 3.05) is 46.3 Å². The zero-order chi connectivity index (χ0) is 28.0. The van der Waals surface area contributed by atoms with Gasteiger partial charge in [0.2, 0.25) is 0 Å². The van der Waals surface area contributed by atoms with Crippen molar-refractivity contribution in [3.05, 3.63) is 78.2 Å². The third-order valence-electron chi connectivity index (χ3n) is 7.00. The van der Waals surface area contributed by atoms with Crippen LogP contribution in [0.4, 0.5) is 9.18 Å². The van der Waals surface area contributed by atoms with E-state index in [1.165, 1.54) is 4.90 Å². The molecule has 1 aliphatic rings. The quantitative estimate of drug-likeness (QED) is 0.431. The Hall–Kier alpha value is -3.27. The Morgan fingerprint density at radius 2 is 1.67 bits per heavy atom. The predicted octanol–water partition coefficient (Wildman–Crippen LogP) is 4.58. The molecule has 0 saturated carbocycles. The first-order chi connectivity index (χ1) is 18.7. The van der Waals surface area contributed by atoms with Crippen molar-refractivity contribution in [3.63, 3.8) is 0 Å². The van der Waals surface area contributed by atoms with E-state index in [-0.39, 0.29) is 13.1 Å². The van der Waals surface area contributed by atoms with Gasteiger partial charge in [0, 0.05) is 51.0 Å². The van der Waals surface area contributed by atoms with E-state index in [0.29, 0.717) is 25.5 Å². The minimum atomic E-state index is -1.40. The third-order valence-corrected chi connectivity index (χ3v) is 7.00. The number of aromatic nitrogens is 2. The molecule has 3 aromatic rings. The average molecular weight is 537 g/mol. The number of likely N-dealkylation sites (N-methyl/N-ethyl adjacent to an activating group) is 1. The highest BCUT2D eigenvalue weighted by atomic mass is 19.1. The second-order valence-electron chi connectivity index (χ2n) is 11.3. The molecule has 0 radical (unpaired) electrons. The summed E-state index contributed by atoms with van der Waals surface area (Å²) in [6.45, 7) is 9.03. The molecule has 1 saturated heterocycles. The van der Waals surface area contributed by atoms with Crippen LogP contribution in [-0.2, 0) is 11.4 Å². The van der Waals surface area contributed by atoms with E-state index in [1.807, 2.05) is 82.5 Å². The lowest BCUT2D eigenvalue weighted by atomic mass is 9.84. The van der Waals surface area contributed by atoms with E-state index >= 15 is 0 Å². The van der Waals surface area contributed by atoms with Crippen LogP contribution in [0.1, 0.15) is 38.2 Å². The van der Waals surface area contributed by atoms with E-state index < -0.39 is 23.7 Å². The van der Waals surface area contributed by atoms with E-state index in [1.54, 1.807) is 5.06 Å². The van der Waals surface area contributed by atoms with Crippen molar-refractivity contribution in [2.24, 2.45) is 11.1 Å². The fourth-order valence-corrected chi connectivity index (χ4v) is 4.91. The smallest absolute Gasteiger partial charge is 0.351 e. The van der Waals surface area contributed by atoms with Gasteiger partial charge in [-0.2, -0.15) is 0 Å². The topological polar surface area (TPSA) is 79.9 Å². The number of hydrogen-bond donors (Lipinski definition) is 1. The van der Waals surface area contributed by atoms with E-state index in [0.717, 1.165) is 29.9 Å². The highest BCUT2D eigenvalue weighted by molar-refractivity contribution is 5.68. The lowest BCUT2D eigenvalue weighted by molar-refractivity contribution is -0.137. The number of carbonyl (C=O) groups excluding carboxylic acids is 1. The van der Waals surface area contributed by atoms with Gasteiger partial charge in [-0.25, -0.2) is 14.2 Å². The lowest BCUT2D eigenvalue weighted by Gasteiger charge is -2.41. The maximum Gasteiger partial charge on any atom is 0.429 e. The maximum absolute atomic E-state index is 14.9. The first-order valence-corrected chi connectivity index (χ1v) is 13.6. The number of alkyl halides is 1. The summed E-state index contributed by atoms with van der Waals surface area (Å²) >= 11 is 0. The molecule has 2 atom stereocenters. The molecule has 1 fully saturated rings. The lowest BCUT2D eigenvalue weighted by Crippen LogP contribution is -2.51. The van der Waals surface area contributed by atoms with Crippen LogP contribution in [0.2, 0.25) is 0 Å². The zero-order valence-electron chi connectivity index (χ0n) is 23.5. The van der Waals surface area contributed by atoms with Crippen LogP contribution in [0.25, 0.3) is 11.3 Å². The first-order valence-electron chi connectivity index (χ1n) is 13.6. The van der Waals surface area contributed by atoms with E-state index in [4.69, 9.17) is 15.6 Å². The number of hydroxylamine groups is 2. The van der Waals surface area contributed by atoms with Crippen LogP contribution in [0, 0.1) is 5.41 Å². The molecule has 2 heterocycles. The van der Waals surface area contributed by atoms with Crippen molar-refractivity contribution in [3.8, 4) is 11.3 Å². The maximum atomic E-state index is 14.9. The van der Waals surface area contributed by atoms with Crippen molar-refractivity contribution in [1.29, 1.82) is 0 Å². The molecule has 8 nitrogen and oxygen atoms in total. The molecule has 2 aromatic carbocycles. The highest BCUT2D eigenvalue weighted by Crippen LogP contribution is 2.39. The number of hydrogen-bond acceptors (Lipinski definition) is 6. The summed E-state index contributed by atoms with van der Waals surface area (Å²) in [5, 5.41) is 1.66. The molecular weight excluding hydrogens is 495 g/mol. The van der Waals surface area contributed by atoms with Crippen LogP contribution in [-0.4, -0.2) is 83.0 Å². The Labute approximate surface area is 231 Å². The minimum Gasteiger partial charge on any atom is -0.351 e. The molecule has 1 unspecified atom stereocenters. The summed E-state index contributed by atoms with van der Waals surface area (Å²) in [5.74, 6) is 0.671. The number of carbonyl (C=O) groups is 1. The average Bonchev–Trinajstić information content (AvgIpc) is 3.32. The SMILES string of the molecule is CN1CCN(OC(=O)N(CC(F)CN)[C@@H](c2nc(-c3ccccc3)cn2Cc2ccccc2)C(C)(C)C)CC1. The van der Waals surface area contributed by atoms with Gasteiger partial charge in [-0.05, 0) is 18.0 Å². The number of benzene rings is 2. The van der Waals surface area contributed by atoms with Gasteiger partial charge in [0.05, 0.1) is 18.3 Å². The minimum absolute atomic E-state index is 0.191. The van der Waals surface area contributed by atoms with Crippen molar-refractivity contribution in [1.82, 2.24) is 24.4 Å². The zero-order valence-corrected chi connectivity index (χ0v) is 23.5. The molecule has 210 valence electrons. The van der Waals surface area contributed by atoms with Gasteiger partial charge in [0.1, 0.15) is 12.0 Å². The predicted molar refractivity (Wildman–Crippen MR) is 152 cm³/mol. The second kappa shape index (κ2) is 12.7. The second-order valence-corrected chi connectivity index (χ2v) is 11.3. The van der Waals surface area contributed by atoms with Crippen LogP contribution >= 0.6 is 0 Å². The van der Waals surface area contributed by atoms with E-state index in [2.05, 4.69) is 21.6 Å². The summed E-state index contributed by atoms with van der Waals surface area (Å²) in [6.07, 6.45) is 0.0168. The van der Waals surface area contributed by atoms with Crippen molar-refractivity contribution >= 4 is 6.09 Å². The van der Waals surface area contributed by atoms with Gasteiger partial charge in [-0.3, -0.25) is 4.90 Å². The summed E-state index contributed by atoms with van der Waals surface area (Å²) in [7, 11) is 2.03. The monoisotopic (exact) mass is 536 g/mol. The largest absolute Gasteiger partial charge is 0.429 e. The Bertz CT molecular complexity index is 1190. The van der Waals surface area contributed by atoms with Crippen LogP contribution in [0.3, 0.4) is 0 Å². The standard InChI is InChI=1S/C30H41FN6O2/c1-30(2,3)27(37(21-25(31)19-32)29(38)39-36-17-15-34(4)16-18-36)28-33-26(24-13-9-6-10-14-24)22-35(28)20-23-11-7-5-8-12-23/h5-14,22,25,27H,15-21,32H2,1-4H3/t25?,27-/m0/s1. The normalized spacial score (nSPS) is 16.6. The van der Waals surface area contributed by atoms with Crippen molar-refractivity contribution < 1.29 is 14.0 Å². The highest BCUT2D eigenvalue weighted by Gasteiger charge is 2.41. The number of piperazine rings is 1. The molecule has 0 bridgehead atoms. The number of nitrogens with zero attached hydrogens (tertiary/aromatic N) is 5. The Morgan fingerprint density at radius 3 is 2.26 bits per heavy atom. The number of halogens is 1. The van der Waals surface area contributed by atoms with E-state index in [9.17, 15) is 9.18 Å². The Kier molecular flexibility index (Phi) is 9.37. The number of imidazole rings is 1. The molecule has 9 heteroatoms. The number of nitrogens with two attached hydrogens (primary N) is 1. The molecule has 1 aromatic heterocycles. The molecule has 4 rings (SSSR count). The summed E-state index contributed by atoms with van der Waals surface area (Å²) in [5.41, 5.74) is 8.05. The van der Waals surface area contributed by atoms with Crippen LogP contribution in [0.15, 0.2) is 66.9 Å². The van der Waals surface area contributed by atoms with Gasteiger partial charge in [-0.1, -0.05) is 81.4 Å². The first kappa shape index (κ1) is 28.7.